The number of nitrogens with one attached hydrogen (secondary N) is 2. The first-order chi connectivity index (χ1) is 14.4. The zero-order chi connectivity index (χ0) is 21.6. The summed E-state index contributed by atoms with van der Waals surface area (Å²) in [7, 11) is -2.24. The summed E-state index contributed by atoms with van der Waals surface area (Å²) in [5.41, 5.74) is 0.779. The van der Waals surface area contributed by atoms with Crippen LogP contribution in [0.15, 0.2) is 57.9 Å². The number of methoxy groups -OCH3 is 1. The topological polar surface area (TPSA) is 123 Å². The highest BCUT2D eigenvalue weighted by Crippen LogP contribution is 2.19. The van der Waals surface area contributed by atoms with E-state index in [1.807, 2.05) is 0 Å². The zero-order valence-electron chi connectivity index (χ0n) is 16.6. The van der Waals surface area contributed by atoms with E-state index in [4.69, 9.17) is 9.26 Å². The molecule has 0 radical (unpaired) electrons. The predicted octanol–water partition coefficient (Wildman–Crippen LogP) is 2.55. The number of sulfonamides is 1. The van der Waals surface area contributed by atoms with Crippen LogP contribution in [0.5, 0.6) is 5.75 Å². The number of carbonyl (C=O) groups is 1. The van der Waals surface area contributed by atoms with Crippen molar-refractivity contribution in [2.45, 2.75) is 24.7 Å². The molecule has 0 aliphatic rings. The molecule has 2 N–H and O–H groups in total. The Morgan fingerprint density at radius 3 is 2.40 bits per heavy atom. The van der Waals surface area contributed by atoms with Crippen LogP contribution >= 0.6 is 0 Å². The number of hydrogen-bond donors (Lipinski definition) is 2. The molecule has 2 aromatic carbocycles. The van der Waals surface area contributed by atoms with Gasteiger partial charge in [-0.25, -0.2) is 8.42 Å². The van der Waals surface area contributed by atoms with Crippen molar-refractivity contribution in [3.05, 3.63) is 65.8 Å². The molecular weight excluding hydrogens is 408 g/mol. The van der Waals surface area contributed by atoms with Crippen LogP contribution in [0, 0.1) is 6.92 Å². The lowest BCUT2D eigenvalue weighted by atomic mass is 10.2. The summed E-state index contributed by atoms with van der Waals surface area (Å²) in [4.78, 5) is 16.4. The monoisotopic (exact) mass is 430 g/mol. The van der Waals surface area contributed by atoms with Gasteiger partial charge in [-0.05, 0) is 61.9 Å². The van der Waals surface area contributed by atoms with Crippen LogP contribution in [-0.2, 0) is 16.4 Å². The summed E-state index contributed by atoms with van der Waals surface area (Å²) in [5.74, 6) is 1.44. The van der Waals surface area contributed by atoms with Gasteiger partial charge < -0.3 is 14.6 Å². The quantitative estimate of drug-likeness (QED) is 0.500. The average molecular weight is 430 g/mol. The number of rotatable bonds is 9. The van der Waals surface area contributed by atoms with E-state index in [1.54, 1.807) is 31.2 Å². The van der Waals surface area contributed by atoms with Gasteiger partial charge in [-0.1, -0.05) is 5.16 Å². The standard InChI is InChI=1S/C20H22N4O5S/c1-14-22-19(29-23-14)4-3-13-21-20(25)15-5-11-18(12-6-15)30(26,27)24-16-7-9-17(28-2)10-8-16/h5-12,24H,3-4,13H2,1-2H3,(H,21,25). The molecule has 0 atom stereocenters. The van der Waals surface area contributed by atoms with Gasteiger partial charge in [0.05, 0.1) is 12.0 Å². The van der Waals surface area contributed by atoms with Crippen LogP contribution in [0.3, 0.4) is 0 Å². The van der Waals surface area contributed by atoms with Gasteiger partial charge >= 0.3 is 0 Å². The Morgan fingerprint density at radius 1 is 1.10 bits per heavy atom. The van der Waals surface area contributed by atoms with E-state index in [1.165, 1.54) is 31.4 Å². The summed E-state index contributed by atoms with van der Waals surface area (Å²) in [6.07, 6.45) is 1.21. The van der Waals surface area contributed by atoms with E-state index >= 15 is 0 Å². The number of nitrogens with zero attached hydrogens (tertiary/aromatic N) is 2. The van der Waals surface area contributed by atoms with Gasteiger partial charge in [-0.2, -0.15) is 4.98 Å². The van der Waals surface area contributed by atoms with Crippen LogP contribution in [-0.4, -0.2) is 38.1 Å². The molecule has 158 valence electrons. The first kappa shape index (κ1) is 21.3. The molecule has 0 bridgehead atoms. The van der Waals surface area contributed by atoms with Crippen LogP contribution in [0.1, 0.15) is 28.5 Å². The Balaban J connectivity index is 1.54. The number of ether oxygens (including phenoxy) is 1. The van der Waals surface area contributed by atoms with Gasteiger partial charge in [0.2, 0.25) is 5.89 Å². The molecule has 0 unspecified atom stereocenters. The van der Waals surface area contributed by atoms with E-state index in [-0.39, 0.29) is 10.8 Å². The highest BCUT2D eigenvalue weighted by atomic mass is 32.2. The average Bonchev–Trinajstić information content (AvgIpc) is 3.16. The van der Waals surface area contributed by atoms with Crippen LogP contribution in [0.4, 0.5) is 5.69 Å². The second-order valence-corrected chi connectivity index (χ2v) is 8.14. The lowest BCUT2D eigenvalue weighted by Gasteiger charge is -2.10. The predicted molar refractivity (Wildman–Crippen MR) is 110 cm³/mol. The van der Waals surface area contributed by atoms with Crippen LogP contribution in [0.25, 0.3) is 0 Å². The fourth-order valence-electron chi connectivity index (χ4n) is 2.64. The molecule has 0 aliphatic heterocycles. The Kier molecular flexibility index (Phi) is 6.68. The van der Waals surface area contributed by atoms with Gasteiger partial charge in [0.1, 0.15) is 5.75 Å². The molecule has 0 saturated carbocycles. The van der Waals surface area contributed by atoms with Crippen molar-refractivity contribution in [3.8, 4) is 5.75 Å². The molecule has 3 aromatic rings. The molecule has 30 heavy (non-hydrogen) atoms. The molecular formula is C20H22N4O5S. The molecule has 3 rings (SSSR count). The normalized spacial score (nSPS) is 11.1. The Morgan fingerprint density at radius 2 is 1.80 bits per heavy atom. The fraction of sp³-hybridized carbons (Fsp3) is 0.250. The SMILES string of the molecule is COc1ccc(NS(=O)(=O)c2ccc(C(=O)NCCCc3nc(C)no3)cc2)cc1. The first-order valence-electron chi connectivity index (χ1n) is 9.22. The number of aromatic nitrogens is 2. The van der Waals surface area contributed by atoms with E-state index in [9.17, 15) is 13.2 Å². The van der Waals surface area contributed by atoms with E-state index in [0.717, 1.165) is 0 Å². The Bertz CT molecular complexity index is 1090. The third-order valence-corrected chi connectivity index (χ3v) is 5.59. The molecule has 1 amide bonds. The first-order valence-corrected chi connectivity index (χ1v) is 10.7. The van der Waals surface area contributed by atoms with Gasteiger partial charge in [0, 0.05) is 24.2 Å². The Hall–Kier alpha value is -3.40. The summed E-state index contributed by atoms with van der Waals surface area (Å²) in [6, 6.07) is 12.3. The maximum absolute atomic E-state index is 12.5. The highest BCUT2D eigenvalue weighted by molar-refractivity contribution is 7.92. The van der Waals surface area contributed by atoms with Crippen molar-refractivity contribution in [2.24, 2.45) is 0 Å². The molecule has 1 aromatic heterocycles. The van der Waals surface area contributed by atoms with Crippen molar-refractivity contribution in [2.75, 3.05) is 18.4 Å². The maximum atomic E-state index is 12.5. The smallest absolute Gasteiger partial charge is 0.261 e. The van der Waals surface area contributed by atoms with Crippen molar-refractivity contribution < 1.29 is 22.5 Å². The van der Waals surface area contributed by atoms with E-state index in [2.05, 4.69) is 20.2 Å². The lowest BCUT2D eigenvalue weighted by Crippen LogP contribution is -2.24. The number of hydrogen-bond acceptors (Lipinski definition) is 7. The molecule has 0 spiro atoms. The number of aryl methyl sites for hydroxylation is 2. The number of anilines is 1. The summed E-state index contributed by atoms with van der Waals surface area (Å²) >= 11 is 0. The molecule has 0 fully saturated rings. The number of benzene rings is 2. The van der Waals surface area contributed by atoms with Crippen molar-refractivity contribution in [3.63, 3.8) is 0 Å². The van der Waals surface area contributed by atoms with Gasteiger partial charge in [0.25, 0.3) is 15.9 Å². The third-order valence-electron chi connectivity index (χ3n) is 4.19. The minimum absolute atomic E-state index is 0.0571. The third kappa shape index (κ3) is 5.57. The second kappa shape index (κ2) is 9.40. The second-order valence-electron chi connectivity index (χ2n) is 6.45. The van der Waals surface area contributed by atoms with Crippen molar-refractivity contribution >= 4 is 21.6 Å². The minimum Gasteiger partial charge on any atom is -0.497 e. The maximum Gasteiger partial charge on any atom is 0.261 e. The molecule has 0 saturated heterocycles. The van der Waals surface area contributed by atoms with E-state index < -0.39 is 10.0 Å². The largest absolute Gasteiger partial charge is 0.497 e. The Labute approximate surface area is 174 Å². The molecule has 9 nitrogen and oxygen atoms in total. The summed E-state index contributed by atoms with van der Waals surface area (Å²) in [6.45, 7) is 2.17. The van der Waals surface area contributed by atoms with Gasteiger partial charge in [-0.3, -0.25) is 9.52 Å². The summed E-state index contributed by atoms with van der Waals surface area (Å²) in [5, 5.41) is 6.49. The molecule has 10 heteroatoms. The van der Waals surface area contributed by atoms with Crippen LogP contribution < -0.4 is 14.8 Å². The van der Waals surface area contributed by atoms with Crippen molar-refractivity contribution in [1.29, 1.82) is 0 Å². The lowest BCUT2D eigenvalue weighted by molar-refractivity contribution is 0.0953. The van der Waals surface area contributed by atoms with Crippen molar-refractivity contribution in [1.82, 2.24) is 15.5 Å². The number of amides is 1. The number of carbonyl (C=O) groups excluding carboxylic acids is 1. The van der Waals surface area contributed by atoms with Gasteiger partial charge in [-0.15, -0.1) is 0 Å². The molecule has 0 aliphatic carbocycles. The minimum atomic E-state index is -3.77. The van der Waals surface area contributed by atoms with Crippen LogP contribution in [0.2, 0.25) is 0 Å². The summed E-state index contributed by atoms with van der Waals surface area (Å²) < 4.78 is 37.6. The fourth-order valence-corrected chi connectivity index (χ4v) is 3.70. The highest BCUT2D eigenvalue weighted by Gasteiger charge is 2.15. The van der Waals surface area contributed by atoms with E-state index in [0.29, 0.717) is 48.1 Å². The zero-order valence-corrected chi connectivity index (χ0v) is 17.4. The molecule has 1 heterocycles. The van der Waals surface area contributed by atoms with Gasteiger partial charge in [0.15, 0.2) is 5.82 Å².